The Labute approximate surface area is 110 Å². The highest BCUT2D eigenvalue weighted by Gasteiger charge is 2.33. The zero-order valence-corrected chi connectivity index (χ0v) is 11.2. The highest BCUT2D eigenvalue weighted by atomic mass is 19.4. The van der Waals surface area contributed by atoms with E-state index in [1.165, 1.54) is 6.07 Å². The molecule has 2 aromatic rings. The first kappa shape index (κ1) is 13.9. The van der Waals surface area contributed by atoms with Crippen molar-refractivity contribution >= 4 is 10.9 Å². The molecule has 0 saturated carbocycles. The molecular formula is C14H17F3N2. The Morgan fingerprint density at radius 2 is 2.00 bits per heavy atom. The number of halogens is 3. The summed E-state index contributed by atoms with van der Waals surface area (Å²) < 4.78 is 41.1. The average molecular weight is 270 g/mol. The van der Waals surface area contributed by atoms with E-state index in [1.807, 2.05) is 6.92 Å². The highest BCUT2D eigenvalue weighted by molar-refractivity contribution is 5.88. The van der Waals surface area contributed by atoms with Crippen LogP contribution < -0.4 is 5.32 Å². The normalized spacial score (nSPS) is 14.0. The van der Waals surface area contributed by atoms with Crippen molar-refractivity contribution in [2.24, 2.45) is 7.05 Å². The maximum atomic E-state index is 13.1. The van der Waals surface area contributed by atoms with Crippen LogP contribution in [0.2, 0.25) is 0 Å². The zero-order chi connectivity index (χ0) is 14.2. The van der Waals surface area contributed by atoms with Crippen LogP contribution in [0.1, 0.15) is 18.1 Å². The second-order valence-electron chi connectivity index (χ2n) is 4.86. The predicted molar refractivity (Wildman–Crippen MR) is 70.1 cm³/mol. The lowest BCUT2D eigenvalue weighted by atomic mass is 10.0. The molecule has 0 aliphatic heterocycles. The molecule has 19 heavy (non-hydrogen) atoms. The van der Waals surface area contributed by atoms with Crippen molar-refractivity contribution in [2.75, 3.05) is 7.05 Å². The van der Waals surface area contributed by atoms with E-state index < -0.39 is 11.7 Å². The van der Waals surface area contributed by atoms with Gasteiger partial charge in [0.25, 0.3) is 0 Å². The van der Waals surface area contributed by atoms with Gasteiger partial charge in [0.1, 0.15) is 0 Å². The minimum absolute atomic E-state index is 0.131. The van der Waals surface area contributed by atoms with Crippen molar-refractivity contribution in [3.05, 3.63) is 35.5 Å². The Morgan fingerprint density at radius 1 is 1.32 bits per heavy atom. The number of nitrogens with zero attached hydrogens (tertiary/aromatic N) is 1. The third kappa shape index (κ3) is 2.61. The van der Waals surface area contributed by atoms with Crippen LogP contribution in [0.4, 0.5) is 13.2 Å². The molecular weight excluding hydrogens is 253 g/mol. The van der Waals surface area contributed by atoms with Gasteiger partial charge in [-0.3, -0.25) is 0 Å². The summed E-state index contributed by atoms with van der Waals surface area (Å²) in [6, 6.07) is 4.46. The standard InChI is InChI=1S/C14H17F3N2/c1-9(18-2)7-10-8-19(3)12-6-4-5-11(13(10)12)14(15,16)17/h4-6,8-9,18H,7H2,1-3H3. The molecule has 0 spiro atoms. The summed E-state index contributed by atoms with van der Waals surface area (Å²) >= 11 is 0. The minimum Gasteiger partial charge on any atom is -0.350 e. The van der Waals surface area contributed by atoms with Crippen molar-refractivity contribution in [1.29, 1.82) is 0 Å². The summed E-state index contributed by atoms with van der Waals surface area (Å²) in [4.78, 5) is 0. The van der Waals surface area contributed by atoms with Gasteiger partial charge in [-0.25, -0.2) is 0 Å². The second kappa shape index (κ2) is 4.89. The van der Waals surface area contributed by atoms with E-state index >= 15 is 0 Å². The predicted octanol–water partition coefficient (Wildman–Crippen LogP) is 3.35. The van der Waals surface area contributed by atoms with Crippen molar-refractivity contribution in [1.82, 2.24) is 9.88 Å². The van der Waals surface area contributed by atoms with Gasteiger partial charge >= 0.3 is 6.18 Å². The molecule has 0 fully saturated rings. The van der Waals surface area contributed by atoms with Gasteiger partial charge in [-0.05, 0) is 38.1 Å². The summed E-state index contributed by atoms with van der Waals surface area (Å²) in [6.07, 6.45) is -1.97. The summed E-state index contributed by atoms with van der Waals surface area (Å²) in [5, 5.41) is 3.37. The molecule has 1 N–H and O–H groups in total. The third-order valence-corrected chi connectivity index (χ3v) is 3.42. The zero-order valence-electron chi connectivity index (χ0n) is 11.2. The number of rotatable bonds is 3. The van der Waals surface area contributed by atoms with Crippen molar-refractivity contribution < 1.29 is 13.2 Å². The van der Waals surface area contributed by atoms with E-state index in [1.54, 1.807) is 30.9 Å². The number of aryl methyl sites for hydroxylation is 1. The Bertz CT molecular complexity index is 584. The Hall–Kier alpha value is -1.49. The highest BCUT2D eigenvalue weighted by Crippen LogP contribution is 2.37. The first-order valence-corrected chi connectivity index (χ1v) is 6.16. The first-order valence-electron chi connectivity index (χ1n) is 6.16. The van der Waals surface area contributed by atoms with Crippen LogP contribution in [0.25, 0.3) is 10.9 Å². The van der Waals surface area contributed by atoms with E-state index in [9.17, 15) is 13.2 Å². The largest absolute Gasteiger partial charge is 0.417 e. The van der Waals surface area contributed by atoms with Crippen molar-refractivity contribution in [3.63, 3.8) is 0 Å². The molecule has 0 radical (unpaired) electrons. The summed E-state index contributed by atoms with van der Waals surface area (Å²) in [7, 11) is 3.58. The van der Waals surface area contributed by atoms with Crippen molar-refractivity contribution in [3.8, 4) is 0 Å². The van der Waals surface area contributed by atoms with Gasteiger partial charge in [0.05, 0.1) is 5.56 Å². The third-order valence-electron chi connectivity index (χ3n) is 3.42. The molecule has 1 unspecified atom stereocenters. The first-order chi connectivity index (χ1) is 8.84. The second-order valence-corrected chi connectivity index (χ2v) is 4.86. The summed E-state index contributed by atoms with van der Waals surface area (Å²) in [5.74, 6) is 0. The van der Waals surface area contributed by atoms with Crippen molar-refractivity contribution in [2.45, 2.75) is 25.6 Å². The number of aromatic nitrogens is 1. The number of hydrogen-bond acceptors (Lipinski definition) is 1. The quantitative estimate of drug-likeness (QED) is 0.905. The number of likely N-dealkylation sites (N-methyl/N-ethyl adjacent to an activating group) is 1. The van der Waals surface area contributed by atoms with Crippen LogP contribution in [-0.2, 0) is 19.6 Å². The fraction of sp³-hybridized carbons (Fsp3) is 0.429. The molecule has 1 atom stereocenters. The molecule has 0 saturated heterocycles. The molecule has 0 amide bonds. The van der Waals surface area contributed by atoms with Gasteiger partial charge in [0, 0.05) is 30.2 Å². The SMILES string of the molecule is CNC(C)Cc1cn(C)c2cccc(C(F)(F)F)c12. The van der Waals surface area contributed by atoms with Gasteiger partial charge in [0.15, 0.2) is 0 Å². The van der Waals surface area contributed by atoms with Gasteiger partial charge in [-0.15, -0.1) is 0 Å². The summed E-state index contributed by atoms with van der Waals surface area (Å²) in [6.45, 7) is 1.95. The number of nitrogens with one attached hydrogen (secondary N) is 1. The number of benzene rings is 1. The van der Waals surface area contributed by atoms with Gasteiger partial charge in [0.2, 0.25) is 0 Å². The number of alkyl halides is 3. The molecule has 1 heterocycles. The van der Waals surface area contributed by atoms with E-state index in [0.29, 0.717) is 17.3 Å². The smallest absolute Gasteiger partial charge is 0.350 e. The van der Waals surface area contributed by atoms with Crippen LogP contribution in [0.3, 0.4) is 0 Å². The Kier molecular flexibility index (Phi) is 3.58. The van der Waals surface area contributed by atoms with Crippen LogP contribution in [0.15, 0.2) is 24.4 Å². The maximum absolute atomic E-state index is 13.1. The van der Waals surface area contributed by atoms with E-state index in [0.717, 1.165) is 11.6 Å². The lowest BCUT2D eigenvalue weighted by Crippen LogP contribution is -2.23. The Morgan fingerprint density at radius 3 is 2.58 bits per heavy atom. The molecule has 1 aromatic carbocycles. The van der Waals surface area contributed by atoms with Gasteiger partial charge < -0.3 is 9.88 Å². The molecule has 0 aliphatic rings. The molecule has 104 valence electrons. The monoisotopic (exact) mass is 270 g/mol. The average Bonchev–Trinajstić information content (AvgIpc) is 2.65. The van der Waals surface area contributed by atoms with Gasteiger partial charge in [-0.1, -0.05) is 6.07 Å². The van der Waals surface area contributed by atoms with Gasteiger partial charge in [-0.2, -0.15) is 13.2 Å². The van der Waals surface area contributed by atoms with E-state index in [-0.39, 0.29) is 6.04 Å². The van der Waals surface area contributed by atoms with E-state index in [4.69, 9.17) is 0 Å². The fourth-order valence-corrected chi connectivity index (χ4v) is 2.36. The van der Waals surface area contributed by atoms with Crippen LogP contribution in [0.5, 0.6) is 0 Å². The molecule has 1 aromatic heterocycles. The molecule has 0 aliphatic carbocycles. The van der Waals surface area contributed by atoms with E-state index in [2.05, 4.69) is 5.32 Å². The maximum Gasteiger partial charge on any atom is 0.417 e. The lowest BCUT2D eigenvalue weighted by Gasteiger charge is -2.12. The van der Waals surface area contributed by atoms with Crippen LogP contribution in [-0.4, -0.2) is 17.7 Å². The summed E-state index contributed by atoms with van der Waals surface area (Å²) in [5.41, 5.74) is 0.796. The molecule has 2 nitrogen and oxygen atoms in total. The fourth-order valence-electron chi connectivity index (χ4n) is 2.36. The minimum atomic E-state index is -4.32. The molecule has 5 heteroatoms. The molecule has 0 bridgehead atoms. The van der Waals surface area contributed by atoms with Crippen LogP contribution in [0, 0.1) is 0 Å². The Balaban J connectivity index is 2.65. The van der Waals surface area contributed by atoms with Crippen LogP contribution >= 0.6 is 0 Å². The number of hydrogen-bond donors (Lipinski definition) is 1. The number of fused-ring (bicyclic) bond motifs is 1. The topological polar surface area (TPSA) is 17.0 Å². The lowest BCUT2D eigenvalue weighted by molar-refractivity contribution is -0.136. The molecule has 2 rings (SSSR count).